The summed E-state index contributed by atoms with van der Waals surface area (Å²) in [5, 5.41) is 0.834. The molecular formula is C31H33FN6O. The van der Waals surface area contributed by atoms with Crippen LogP contribution in [0.4, 0.5) is 4.39 Å². The summed E-state index contributed by atoms with van der Waals surface area (Å²) in [6, 6.07) is 13.8. The first-order chi connectivity index (χ1) is 18.9. The van der Waals surface area contributed by atoms with Gasteiger partial charge in [0.05, 0.1) is 22.1 Å². The maximum atomic E-state index is 15.4. The smallest absolute Gasteiger partial charge is 0.210 e. The van der Waals surface area contributed by atoms with E-state index in [1.165, 1.54) is 0 Å². The third-order valence-corrected chi connectivity index (χ3v) is 7.32. The van der Waals surface area contributed by atoms with Crippen LogP contribution in [0.15, 0.2) is 73.7 Å². The van der Waals surface area contributed by atoms with Crippen LogP contribution < -0.4 is 10.6 Å². The fourth-order valence-electron chi connectivity index (χ4n) is 5.11. The Labute approximate surface area is 227 Å². The SMILES string of the molecule is C=C(C(=O)c1c[nH]c(=C(/CC)c2nc3ncccc3[nH]2)/c1=C(/F)CC)N1CCN(C(=C)c2ccccc2)CC1. The minimum atomic E-state index is -0.355. The fraction of sp³-hybridized carbons (Fsp3) is 0.258. The molecule has 200 valence electrons. The zero-order valence-corrected chi connectivity index (χ0v) is 22.4. The van der Waals surface area contributed by atoms with E-state index in [4.69, 9.17) is 0 Å². The summed E-state index contributed by atoms with van der Waals surface area (Å²) in [5.74, 6) is -0.0366. The number of imidazole rings is 1. The van der Waals surface area contributed by atoms with Crippen LogP contribution in [-0.4, -0.2) is 61.7 Å². The number of hydrogen-bond donors (Lipinski definition) is 2. The highest BCUT2D eigenvalue weighted by molar-refractivity contribution is 6.08. The number of H-pyrrole nitrogens is 2. The Kier molecular flexibility index (Phi) is 7.45. The van der Waals surface area contributed by atoms with E-state index >= 15 is 4.39 Å². The highest BCUT2D eigenvalue weighted by Crippen LogP contribution is 2.21. The van der Waals surface area contributed by atoms with Crippen LogP contribution >= 0.6 is 0 Å². The van der Waals surface area contributed by atoms with Crippen LogP contribution in [0.25, 0.3) is 28.3 Å². The molecule has 1 aromatic carbocycles. The summed E-state index contributed by atoms with van der Waals surface area (Å²) in [6.07, 6.45) is 4.02. The van der Waals surface area contributed by atoms with Gasteiger partial charge in [-0.3, -0.25) is 4.79 Å². The Morgan fingerprint density at radius 3 is 2.38 bits per heavy atom. The second-order valence-electron chi connectivity index (χ2n) is 9.57. The van der Waals surface area contributed by atoms with Gasteiger partial charge in [-0.05, 0) is 30.5 Å². The quantitative estimate of drug-likeness (QED) is 0.264. The molecule has 4 heterocycles. The maximum Gasteiger partial charge on any atom is 0.210 e. The van der Waals surface area contributed by atoms with Crippen molar-refractivity contribution in [2.24, 2.45) is 0 Å². The Morgan fingerprint density at radius 2 is 1.72 bits per heavy atom. The van der Waals surface area contributed by atoms with Gasteiger partial charge in [-0.25, -0.2) is 14.4 Å². The number of hydrogen-bond acceptors (Lipinski definition) is 5. The third kappa shape index (κ3) is 5.02. The number of aromatic amines is 2. The molecule has 0 atom stereocenters. The normalized spacial score (nSPS) is 15.4. The van der Waals surface area contributed by atoms with Crippen LogP contribution in [0, 0.1) is 0 Å². The Hall–Kier alpha value is -4.46. The van der Waals surface area contributed by atoms with Gasteiger partial charge in [0.25, 0.3) is 0 Å². The molecule has 0 radical (unpaired) electrons. The Balaban J connectivity index is 1.44. The van der Waals surface area contributed by atoms with Crippen LogP contribution in [0.2, 0.25) is 0 Å². The van der Waals surface area contributed by atoms with Crippen molar-refractivity contribution in [3.8, 4) is 0 Å². The molecule has 1 fully saturated rings. The molecule has 1 aliphatic heterocycles. The number of Topliss-reactive ketones (excluding diaryl/α,β-unsaturated/α-hetero) is 1. The van der Waals surface area contributed by atoms with Gasteiger partial charge in [-0.1, -0.05) is 57.3 Å². The number of fused-ring (bicyclic) bond motifs is 1. The number of carbonyl (C=O) groups is 1. The van der Waals surface area contributed by atoms with Crippen molar-refractivity contribution < 1.29 is 9.18 Å². The predicted molar refractivity (Wildman–Crippen MR) is 154 cm³/mol. The summed E-state index contributed by atoms with van der Waals surface area (Å²) in [4.78, 5) is 33.3. The highest BCUT2D eigenvalue weighted by Gasteiger charge is 2.25. The molecule has 1 aliphatic rings. The number of halogens is 1. The van der Waals surface area contributed by atoms with Crippen LogP contribution in [-0.2, 0) is 0 Å². The lowest BCUT2D eigenvalue weighted by Gasteiger charge is -2.38. The van der Waals surface area contributed by atoms with Crippen molar-refractivity contribution in [3.63, 3.8) is 0 Å². The maximum absolute atomic E-state index is 15.4. The van der Waals surface area contributed by atoms with Gasteiger partial charge in [0, 0.05) is 55.1 Å². The van der Waals surface area contributed by atoms with Crippen molar-refractivity contribution >= 4 is 34.0 Å². The molecular weight excluding hydrogens is 491 g/mol. The summed E-state index contributed by atoms with van der Waals surface area (Å²) in [5.41, 5.74) is 4.86. The van der Waals surface area contributed by atoms with Crippen molar-refractivity contribution in [2.75, 3.05) is 26.2 Å². The minimum absolute atomic E-state index is 0.163. The van der Waals surface area contributed by atoms with Crippen molar-refractivity contribution in [3.05, 3.63) is 101 Å². The van der Waals surface area contributed by atoms with E-state index in [0.29, 0.717) is 55.1 Å². The van der Waals surface area contributed by atoms with Gasteiger partial charge in [0.15, 0.2) is 5.65 Å². The average molecular weight is 525 g/mol. The molecule has 0 spiro atoms. The molecule has 1 saturated heterocycles. The molecule has 3 aromatic heterocycles. The molecule has 0 saturated carbocycles. The predicted octanol–water partition coefficient (Wildman–Crippen LogP) is 4.37. The number of benzene rings is 1. The largest absolute Gasteiger partial charge is 0.368 e. The molecule has 0 aliphatic carbocycles. The Morgan fingerprint density at radius 1 is 1.00 bits per heavy atom. The number of rotatable bonds is 8. The first kappa shape index (κ1) is 26.2. The van der Waals surface area contributed by atoms with Gasteiger partial charge in [-0.2, -0.15) is 0 Å². The first-order valence-corrected chi connectivity index (χ1v) is 13.3. The van der Waals surface area contributed by atoms with Gasteiger partial charge < -0.3 is 19.8 Å². The number of aromatic nitrogens is 4. The Bertz CT molecular complexity index is 1620. The van der Waals surface area contributed by atoms with Crippen molar-refractivity contribution in [2.45, 2.75) is 26.7 Å². The second kappa shape index (κ2) is 11.1. The standard InChI is InChI=1S/C31H33FN6O/c1-5-23(30-35-26-13-10-14-33-31(26)36-30)28-27(25(32)6-2)24(19-34-28)29(39)21(4)38-17-15-37(16-18-38)20(3)22-11-8-7-9-12-22/h7-14,19,34H,3-6,15-18H2,1-2H3,(H,33,35,36)/b27-25+,28-23-. The van der Waals surface area contributed by atoms with Gasteiger partial charge in [0.2, 0.25) is 5.78 Å². The highest BCUT2D eigenvalue weighted by atomic mass is 19.1. The topological polar surface area (TPSA) is 80.9 Å². The lowest BCUT2D eigenvalue weighted by atomic mass is 10.1. The zero-order valence-electron chi connectivity index (χ0n) is 22.4. The van der Waals surface area contributed by atoms with E-state index in [2.05, 4.69) is 38.0 Å². The van der Waals surface area contributed by atoms with Crippen molar-refractivity contribution in [1.82, 2.24) is 29.7 Å². The van der Waals surface area contributed by atoms with Gasteiger partial charge >= 0.3 is 0 Å². The van der Waals surface area contributed by atoms with E-state index in [1.54, 1.807) is 19.3 Å². The van der Waals surface area contributed by atoms with Crippen LogP contribution in [0.5, 0.6) is 0 Å². The number of pyridine rings is 1. The molecule has 5 rings (SSSR count). The van der Waals surface area contributed by atoms with Crippen molar-refractivity contribution in [1.29, 1.82) is 0 Å². The molecule has 2 N–H and O–H groups in total. The minimum Gasteiger partial charge on any atom is -0.368 e. The monoisotopic (exact) mass is 524 g/mol. The molecule has 7 nitrogen and oxygen atoms in total. The molecule has 0 amide bonds. The van der Waals surface area contributed by atoms with E-state index < -0.39 is 0 Å². The molecule has 4 aromatic rings. The number of nitrogens with one attached hydrogen (secondary N) is 2. The van der Waals surface area contributed by atoms with E-state index in [9.17, 15) is 4.79 Å². The first-order valence-electron chi connectivity index (χ1n) is 13.3. The molecule has 8 heteroatoms. The van der Waals surface area contributed by atoms with E-state index in [0.717, 1.165) is 22.4 Å². The summed E-state index contributed by atoms with van der Waals surface area (Å²) in [6.45, 7) is 14.8. The lowest BCUT2D eigenvalue weighted by molar-refractivity contribution is 0.0972. The van der Waals surface area contributed by atoms with Gasteiger partial charge in [0.1, 0.15) is 11.7 Å². The summed E-state index contributed by atoms with van der Waals surface area (Å²) in [7, 11) is 0. The summed E-state index contributed by atoms with van der Waals surface area (Å²) < 4.78 is 15.4. The fourth-order valence-corrected chi connectivity index (χ4v) is 5.11. The van der Waals surface area contributed by atoms with E-state index in [1.807, 2.05) is 54.3 Å². The number of ketones is 1. The number of carbonyl (C=O) groups excluding carboxylic acids is 1. The number of nitrogens with zero attached hydrogens (tertiary/aromatic N) is 4. The summed E-state index contributed by atoms with van der Waals surface area (Å²) >= 11 is 0. The lowest BCUT2D eigenvalue weighted by Crippen LogP contribution is -2.46. The van der Waals surface area contributed by atoms with Crippen LogP contribution in [0.1, 0.15) is 48.4 Å². The zero-order chi connectivity index (χ0) is 27.5. The van der Waals surface area contributed by atoms with E-state index in [-0.39, 0.29) is 28.8 Å². The number of allylic oxidation sites excluding steroid dienone is 1. The average Bonchev–Trinajstić information content (AvgIpc) is 3.61. The second-order valence-corrected chi connectivity index (χ2v) is 9.57. The molecule has 0 unspecified atom stereocenters. The van der Waals surface area contributed by atoms with Gasteiger partial charge in [-0.15, -0.1) is 0 Å². The number of piperazine rings is 1. The third-order valence-electron chi connectivity index (χ3n) is 7.32. The molecule has 0 bridgehead atoms. The molecule has 39 heavy (non-hydrogen) atoms. The van der Waals surface area contributed by atoms with Crippen LogP contribution in [0.3, 0.4) is 0 Å².